The van der Waals surface area contributed by atoms with Crippen LogP contribution in [-0.2, 0) is 4.74 Å². The Balaban J connectivity index is 4.14. The predicted molar refractivity (Wildman–Crippen MR) is 44.1 cm³/mol. The molecule has 0 radical (unpaired) electrons. The monoisotopic (exact) mass is 324 g/mol. The summed E-state index contributed by atoms with van der Waals surface area (Å²) in [6.07, 6.45) is 2.10. The summed E-state index contributed by atoms with van der Waals surface area (Å²) in [6, 6.07) is 0. The van der Waals surface area contributed by atoms with Crippen LogP contribution >= 0.6 is 0 Å². The summed E-state index contributed by atoms with van der Waals surface area (Å²) in [6.45, 7) is 2.05. The van der Waals surface area contributed by atoms with Crippen LogP contribution in [0.15, 0.2) is 9.39 Å². The second-order valence-corrected chi connectivity index (χ2v) is 22.5. The molecule has 1 nitrogen and oxygen atoms in total. The van der Waals surface area contributed by atoms with Crippen LogP contribution in [0.1, 0.15) is 6.92 Å². The fourth-order valence-corrected chi connectivity index (χ4v) is 6.60. The molecule has 0 atom stereocenters. The van der Waals surface area contributed by atoms with E-state index in [1.54, 1.807) is 7.11 Å². The third-order valence-electron chi connectivity index (χ3n) is 1.22. The Morgan fingerprint density at radius 1 is 1.33 bits per heavy atom. The topological polar surface area (TPSA) is 9.23 Å². The first-order chi connectivity index (χ1) is 4.02. The van der Waals surface area contributed by atoms with Gasteiger partial charge in [0, 0.05) is 0 Å². The van der Waals surface area contributed by atoms with Crippen molar-refractivity contribution in [1.82, 2.24) is 0 Å². The van der Waals surface area contributed by atoms with Crippen molar-refractivity contribution in [3.8, 4) is 0 Å². The quantitative estimate of drug-likeness (QED) is 0.560. The zero-order chi connectivity index (χ0) is 7.49. The molecule has 0 rings (SSSR count). The van der Waals surface area contributed by atoms with Crippen molar-refractivity contribution in [1.29, 1.82) is 0 Å². The molecule has 0 heterocycles. The third-order valence-corrected chi connectivity index (χ3v) is 8.88. The molecule has 2 heteroatoms. The van der Waals surface area contributed by atoms with Crippen LogP contribution in [0.5, 0.6) is 0 Å². The van der Waals surface area contributed by atoms with Crippen LogP contribution in [0.2, 0.25) is 13.4 Å². The normalized spacial score (nSPS) is 13.7. The van der Waals surface area contributed by atoms with E-state index in [1.807, 2.05) is 6.92 Å². The van der Waals surface area contributed by atoms with E-state index in [0.717, 1.165) is 0 Å². The Labute approximate surface area is 62.8 Å². The SMILES string of the molecule is C/C=[C](\OC)[Pb]([CH3])([CH3])[CH3]. The van der Waals surface area contributed by atoms with Crippen molar-refractivity contribution in [3.05, 3.63) is 9.39 Å². The number of allylic oxidation sites excluding steroid dienone is 1. The molecule has 9 heavy (non-hydrogen) atoms. The average Bonchev–Trinajstić information content (AvgIpc) is 1.65. The van der Waals surface area contributed by atoms with Gasteiger partial charge in [0.2, 0.25) is 0 Å². The predicted octanol–water partition coefficient (Wildman–Crippen LogP) is 2.41. The minimum absolute atomic E-state index is 1.27. The second kappa shape index (κ2) is 3.59. The van der Waals surface area contributed by atoms with E-state index in [4.69, 9.17) is 4.74 Å². The van der Waals surface area contributed by atoms with Crippen molar-refractivity contribution in [2.24, 2.45) is 0 Å². The first-order valence-corrected chi connectivity index (χ1v) is 16.8. The van der Waals surface area contributed by atoms with Crippen molar-refractivity contribution in [3.63, 3.8) is 0 Å². The van der Waals surface area contributed by atoms with Crippen molar-refractivity contribution >= 4 is 21.2 Å². The Bertz CT molecular complexity index is 111. The molecule has 0 aromatic carbocycles. The fraction of sp³-hybridized carbons (Fsp3) is 0.714. The molecular formula is C7H16OPb. The molecular weight excluding hydrogens is 307 g/mol. The molecule has 0 aliphatic rings. The van der Waals surface area contributed by atoms with Gasteiger partial charge >= 0.3 is 62.8 Å². The molecule has 0 aromatic heterocycles. The summed E-state index contributed by atoms with van der Waals surface area (Å²) < 4.78 is 13.5. The van der Waals surface area contributed by atoms with Gasteiger partial charge in [0.05, 0.1) is 0 Å². The zero-order valence-corrected chi connectivity index (χ0v) is 10.9. The summed E-state index contributed by atoms with van der Waals surface area (Å²) in [7, 11) is 1.76. The molecule has 0 aliphatic heterocycles. The Kier molecular flexibility index (Phi) is 3.77. The molecule has 0 N–H and O–H groups in total. The van der Waals surface area contributed by atoms with E-state index in [-0.39, 0.29) is 0 Å². The van der Waals surface area contributed by atoms with E-state index >= 15 is 0 Å². The standard InChI is InChI=1S/C4H7O.3CH3.Pb/c1-3-4-5-2;;;;/h3H,1-2H3;3*1H3;. The fourth-order valence-electron chi connectivity index (χ4n) is 0.857. The third kappa shape index (κ3) is 3.23. The summed E-state index contributed by atoms with van der Waals surface area (Å²) in [4.78, 5) is 0. The van der Waals surface area contributed by atoms with E-state index in [1.165, 1.54) is 3.32 Å². The molecule has 0 spiro atoms. The van der Waals surface area contributed by atoms with Gasteiger partial charge < -0.3 is 0 Å². The molecule has 54 valence electrons. The van der Waals surface area contributed by atoms with E-state index < -0.39 is 21.2 Å². The van der Waals surface area contributed by atoms with Gasteiger partial charge in [-0.15, -0.1) is 0 Å². The van der Waals surface area contributed by atoms with Gasteiger partial charge in [-0.3, -0.25) is 0 Å². The molecule has 0 amide bonds. The van der Waals surface area contributed by atoms with Crippen LogP contribution in [0.4, 0.5) is 0 Å². The zero-order valence-electron chi connectivity index (χ0n) is 6.99. The van der Waals surface area contributed by atoms with Crippen molar-refractivity contribution in [2.75, 3.05) is 7.11 Å². The molecule has 0 aliphatic carbocycles. The molecule has 0 bridgehead atoms. The van der Waals surface area contributed by atoms with Gasteiger partial charge in [-0.05, 0) is 0 Å². The van der Waals surface area contributed by atoms with Gasteiger partial charge in [-0.1, -0.05) is 0 Å². The summed E-state index contributed by atoms with van der Waals surface area (Å²) in [5.41, 5.74) is 0. The van der Waals surface area contributed by atoms with Crippen LogP contribution in [0.3, 0.4) is 0 Å². The minimum atomic E-state index is -1.93. The van der Waals surface area contributed by atoms with E-state index in [9.17, 15) is 0 Å². The van der Waals surface area contributed by atoms with Gasteiger partial charge in [-0.2, -0.15) is 0 Å². The average molecular weight is 323 g/mol. The molecule has 0 saturated carbocycles. The van der Waals surface area contributed by atoms with E-state index in [2.05, 4.69) is 19.5 Å². The Morgan fingerprint density at radius 3 is 1.78 bits per heavy atom. The van der Waals surface area contributed by atoms with E-state index in [0.29, 0.717) is 0 Å². The maximum absolute atomic E-state index is 5.22. The number of ether oxygens (including phenoxy) is 1. The van der Waals surface area contributed by atoms with Crippen LogP contribution in [0, 0.1) is 0 Å². The summed E-state index contributed by atoms with van der Waals surface area (Å²) >= 11 is -1.93. The van der Waals surface area contributed by atoms with Crippen LogP contribution in [0.25, 0.3) is 0 Å². The molecule has 0 saturated heterocycles. The molecule has 0 aromatic rings. The van der Waals surface area contributed by atoms with Crippen LogP contribution < -0.4 is 0 Å². The van der Waals surface area contributed by atoms with Gasteiger partial charge in [0.1, 0.15) is 0 Å². The summed E-state index contributed by atoms with van der Waals surface area (Å²) in [5.74, 6) is 0. The first kappa shape index (κ1) is 9.46. The van der Waals surface area contributed by atoms with Crippen molar-refractivity contribution < 1.29 is 4.74 Å². The van der Waals surface area contributed by atoms with Gasteiger partial charge in [-0.25, -0.2) is 0 Å². The second-order valence-electron chi connectivity index (χ2n) is 3.11. The number of methoxy groups -OCH3 is 1. The van der Waals surface area contributed by atoms with Gasteiger partial charge in [0.25, 0.3) is 0 Å². The van der Waals surface area contributed by atoms with Crippen LogP contribution in [-0.4, -0.2) is 28.3 Å². The summed E-state index contributed by atoms with van der Waals surface area (Å²) in [5, 5.41) is 0. The van der Waals surface area contributed by atoms with Crippen molar-refractivity contribution in [2.45, 2.75) is 20.4 Å². The first-order valence-electron chi connectivity index (χ1n) is 3.23. The van der Waals surface area contributed by atoms with Gasteiger partial charge in [0.15, 0.2) is 0 Å². The molecule has 0 unspecified atom stereocenters. The maximum atomic E-state index is 5.22. The number of hydrogen-bond donors (Lipinski definition) is 0. The Morgan fingerprint density at radius 2 is 1.78 bits per heavy atom. The molecule has 0 fully saturated rings. The Hall–Kier alpha value is 0.462. The number of hydrogen-bond acceptors (Lipinski definition) is 1. The number of rotatable bonds is 2.